The summed E-state index contributed by atoms with van der Waals surface area (Å²) in [5.41, 5.74) is 1.27. The molecule has 0 aromatic carbocycles. The highest BCUT2D eigenvalue weighted by Gasteiger charge is 2.53. The number of methoxy groups -OCH3 is 3. The fourth-order valence-electron chi connectivity index (χ4n) is 10.7. The minimum atomic E-state index is -2.43. The van der Waals surface area contributed by atoms with E-state index < -0.39 is 77.8 Å². The molecule has 2 N–H and O–H groups in total. The van der Waals surface area contributed by atoms with Crippen molar-refractivity contribution in [3.05, 3.63) is 53.9 Å². The van der Waals surface area contributed by atoms with Crippen LogP contribution in [0.3, 0.4) is 0 Å². The maximum Gasteiger partial charge on any atom is 0.329 e. The van der Waals surface area contributed by atoms with Gasteiger partial charge in [-0.05, 0) is 117 Å². The summed E-state index contributed by atoms with van der Waals surface area (Å²) < 4.78 is 31.6. The third kappa shape index (κ3) is 14.2. The highest BCUT2D eigenvalue weighted by atomic mass is 16.6. The van der Waals surface area contributed by atoms with E-state index in [4.69, 9.17) is 23.7 Å². The number of piperidine rings is 1. The topological polar surface area (TPSA) is 219 Å². The number of allylic oxidation sites excluding steroid dienone is 6. The van der Waals surface area contributed by atoms with Crippen molar-refractivity contribution in [2.45, 2.75) is 180 Å². The number of tetrazole rings is 1. The van der Waals surface area contributed by atoms with Crippen molar-refractivity contribution in [2.75, 3.05) is 27.9 Å². The van der Waals surface area contributed by atoms with E-state index in [1.165, 1.54) is 12.0 Å². The van der Waals surface area contributed by atoms with Crippen LogP contribution in [0.4, 0.5) is 0 Å². The molecule has 69 heavy (non-hydrogen) atoms. The number of aliphatic hydroxyl groups excluding tert-OH is 1. The van der Waals surface area contributed by atoms with Gasteiger partial charge in [-0.15, -0.1) is 5.10 Å². The first-order valence-corrected chi connectivity index (χ1v) is 25.0. The van der Waals surface area contributed by atoms with Crippen molar-refractivity contribution in [1.82, 2.24) is 25.1 Å². The Kier molecular flexibility index (Phi) is 20.8. The number of cyclic esters (lactones) is 1. The molecule has 0 spiro atoms. The van der Waals surface area contributed by atoms with Gasteiger partial charge >= 0.3 is 5.97 Å². The molecule has 6 unspecified atom stereocenters. The standard InChI is InChI=1S/C52H79N5O12/c1-31-16-12-11-13-17-32(2)43(65-8)28-39-21-19-37(7)52(64,69-39)49(61)50(62)56-23-15-14-18-41(56)51(63)68-44(34(4)26-38-20-22-40(45(27-38)66-9)57-30-53-54-55-57)29-42(58)33(3)25-36(6)47(60)48(67-10)46(59)35(5)24-31/h11-13,16-17,25,30-31,33-35,37-41,43-45,47-48,60,64H,14-15,18-24,26-29H2,1-10H3/b13-11+,16-12+,32-17+,36-25+/t31-,33-,34-,35?,37-,38?,39+,40+,41?,43+,44+,45?,47-,48?,52?/m1/s1. The number of hydrogen-bond acceptors (Lipinski definition) is 15. The third-order valence-electron chi connectivity index (χ3n) is 15.2. The van der Waals surface area contributed by atoms with Gasteiger partial charge in [0.25, 0.3) is 11.7 Å². The van der Waals surface area contributed by atoms with Crippen molar-refractivity contribution in [2.24, 2.45) is 35.5 Å². The van der Waals surface area contributed by atoms with Gasteiger partial charge in [0.05, 0.1) is 24.4 Å². The molecule has 17 heteroatoms. The van der Waals surface area contributed by atoms with Crippen LogP contribution in [0.1, 0.15) is 132 Å². The summed E-state index contributed by atoms with van der Waals surface area (Å²) >= 11 is 0. The number of aliphatic hydroxyl groups is 2. The van der Waals surface area contributed by atoms with Crippen LogP contribution in [0.2, 0.25) is 0 Å². The summed E-state index contributed by atoms with van der Waals surface area (Å²) in [6.07, 6.45) is 13.9. The van der Waals surface area contributed by atoms with Gasteiger partial charge in [0.15, 0.2) is 5.78 Å². The second-order valence-electron chi connectivity index (χ2n) is 20.4. The van der Waals surface area contributed by atoms with Gasteiger partial charge in [-0.1, -0.05) is 71.1 Å². The summed E-state index contributed by atoms with van der Waals surface area (Å²) in [5.74, 6) is -7.92. The Morgan fingerprint density at radius 2 is 1.64 bits per heavy atom. The number of amides is 1. The second-order valence-corrected chi connectivity index (χ2v) is 20.4. The molecule has 3 fully saturated rings. The van der Waals surface area contributed by atoms with Crippen LogP contribution < -0.4 is 0 Å². The molecule has 1 saturated carbocycles. The molecular weight excluding hydrogens is 887 g/mol. The van der Waals surface area contributed by atoms with Crippen molar-refractivity contribution < 1.29 is 57.9 Å². The molecule has 3 aliphatic heterocycles. The van der Waals surface area contributed by atoms with E-state index in [1.807, 2.05) is 58.1 Å². The lowest BCUT2D eigenvalue weighted by Crippen LogP contribution is -2.61. The highest BCUT2D eigenvalue weighted by molar-refractivity contribution is 6.39. The van der Waals surface area contributed by atoms with Crippen LogP contribution in [0, 0.1) is 35.5 Å². The quantitative estimate of drug-likeness (QED) is 0.181. The molecule has 384 valence electrons. The molecule has 0 radical (unpaired) electrons. The van der Waals surface area contributed by atoms with Crippen LogP contribution in [-0.2, 0) is 47.7 Å². The number of nitrogens with zero attached hydrogens (tertiary/aromatic N) is 5. The van der Waals surface area contributed by atoms with E-state index >= 15 is 0 Å². The van der Waals surface area contributed by atoms with Crippen LogP contribution >= 0.6 is 0 Å². The fraction of sp³-hybridized carbons (Fsp3) is 0.731. The molecule has 1 aliphatic carbocycles. The summed E-state index contributed by atoms with van der Waals surface area (Å²) in [7, 11) is 4.62. The van der Waals surface area contributed by atoms with Crippen molar-refractivity contribution in [3.63, 3.8) is 0 Å². The van der Waals surface area contributed by atoms with Gasteiger partial charge < -0.3 is 38.8 Å². The molecular formula is C52H79N5O12. The van der Waals surface area contributed by atoms with E-state index in [2.05, 4.69) is 15.5 Å². The number of carbonyl (C=O) groups excluding carboxylic acids is 5. The van der Waals surface area contributed by atoms with Gasteiger partial charge in [0.1, 0.15) is 36.5 Å². The van der Waals surface area contributed by atoms with E-state index in [9.17, 15) is 34.2 Å². The minimum Gasteiger partial charge on any atom is -0.460 e. The van der Waals surface area contributed by atoms with Crippen LogP contribution in [0.5, 0.6) is 0 Å². The van der Waals surface area contributed by atoms with Crippen molar-refractivity contribution in [1.29, 1.82) is 0 Å². The van der Waals surface area contributed by atoms with Gasteiger partial charge in [0, 0.05) is 58.5 Å². The SMILES string of the molecule is COC1C(=O)C(C)C[C@H](C)/C=C/C=C/C=C(\C)[C@@H](OC)C[C@@H]2CC[C@@H](C)C(O)(O2)C(=O)C(=O)N2CCCCC2C(=O)O[C@H]([C@H](C)CC2CC[C@H](n3cnnn3)C(OC)C2)CC(=O)[C@H](C)/C=C(\C)[C@H]1O. The minimum absolute atomic E-state index is 0.0170. The number of ether oxygens (including phenoxy) is 5. The molecule has 4 aliphatic rings. The predicted octanol–water partition coefficient (Wildman–Crippen LogP) is 6.05. The van der Waals surface area contributed by atoms with E-state index in [0.29, 0.717) is 56.9 Å². The van der Waals surface area contributed by atoms with Crippen LogP contribution in [0.15, 0.2) is 53.9 Å². The number of ketones is 3. The Hall–Kier alpha value is -4.26. The summed E-state index contributed by atoms with van der Waals surface area (Å²) in [5, 5.41) is 35.2. The smallest absolute Gasteiger partial charge is 0.329 e. The first kappa shape index (κ1) is 55.7. The Labute approximate surface area is 408 Å². The van der Waals surface area contributed by atoms with E-state index in [0.717, 1.165) is 18.4 Å². The van der Waals surface area contributed by atoms with Gasteiger partial charge in [-0.25, -0.2) is 9.48 Å². The number of aromatic nitrogens is 4. The van der Waals surface area contributed by atoms with Crippen LogP contribution in [0.25, 0.3) is 0 Å². The molecule has 4 heterocycles. The average Bonchev–Trinajstić information content (AvgIpc) is 3.88. The Bertz CT molecular complexity index is 2020. The number of rotatable bonds is 7. The fourth-order valence-corrected chi connectivity index (χ4v) is 10.7. The Morgan fingerprint density at radius 3 is 2.32 bits per heavy atom. The van der Waals surface area contributed by atoms with Crippen molar-refractivity contribution in [3.8, 4) is 0 Å². The Morgan fingerprint density at radius 1 is 0.884 bits per heavy atom. The van der Waals surface area contributed by atoms with Crippen molar-refractivity contribution >= 4 is 29.2 Å². The monoisotopic (exact) mass is 966 g/mol. The zero-order valence-corrected chi connectivity index (χ0v) is 42.5. The number of fused-ring (bicyclic) bond motifs is 3. The normalized spacial score (nSPS) is 38.8. The Balaban J connectivity index is 1.46. The number of esters is 1. The highest BCUT2D eigenvalue weighted by Crippen LogP contribution is 2.39. The zero-order valence-electron chi connectivity index (χ0n) is 42.5. The number of hydrogen-bond donors (Lipinski definition) is 2. The first-order valence-electron chi connectivity index (χ1n) is 25.0. The first-order chi connectivity index (χ1) is 32.8. The van der Waals surface area contributed by atoms with Gasteiger partial charge in [-0.2, -0.15) is 0 Å². The summed E-state index contributed by atoms with van der Waals surface area (Å²) in [6.45, 7) is 12.8. The van der Waals surface area contributed by atoms with Gasteiger partial charge in [0.2, 0.25) is 5.79 Å². The van der Waals surface area contributed by atoms with Crippen LogP contribution in [-0.4, -0.2) is 141 Å². The maximum atomic E-state index is 14.5. The molecule has 1 aromatic heterocycles. The molecule has 2 saturated heterocycles. The zero-order chi connectivity index (χ0) is 50.6. The largest absolute Gasteiger partial charge is 0.460 e. The lowest BCUT2D eigenvalue weighted by molar-refractivity contribution is -0.265. The maximum absolute atomic E-state index is 14.5. The van der Waals surface area contributed by atoms with E-state index in [-0.39, 0.29) is 60.9 Å². The molecule has 1 amide bonds. The summed E-state index contributed by atoms with van der Waals surface area (Å²) in [4.78, 5) is 72.3. The molecule has 2 bridgehead atoms. The average molecular weight is 966 g/mol. The molecule has 5 rings (SSSR count). The number of carbonyl (C=O) groups is 5. The third-order valence-corrected chi connectivity index (χ3v) is 15.2. The predicted molar refractivity (Wildman–Crippen MR) is 256 cm³/mol. The summed E-state index contributed by atoms with van der Waals surface area (Å²) in [6, 6.07) is -1.19. The van der Waals surface area contributed by atoms with Gasteiger partial charge in [-0.3, -0.25) is 19.2 Å². The second kappa shape index (κ2) is 25.7. The lowest BCUT2D eigenvalue weighted by atomic mass is 9.77. The molecule has 1 aromatic rings. The number of Topliss-reactive ketones (excluding diaryl/α,β-unsaturated/α-hetero) is 3. The molecule has 17 nitrogen and oxygen atoms in total. The molecule has 15 atom stereocenters. The van der Waals surface area contributed by atoms with E-state index in [1.54, 1.807) is 52.1 Å². The lowest BCUT2D eigenvalue weighted by Gasteiger charge is -2.42.